The topological polar surface area (TPSA) is 131 Å². The van der Waals surface area contributed by atoms with Gasteiger partial charge in [0, 0.05) is 0 Å². The van der Waals surface area contributed by atoms with E-state index in [9.17, 15) is 4.79 Å². The number of guanidine groups is 1. The van der Waals surface area contributed by atoms with Crippen molar-refractivity contribution >= 4 is 28.8 Å². The number of primary amides is 1. The van der Waals surface area contributed by atoms with Crippen molar-refractivity contribution in [1.29, 1.82) is 5.41 Å². The minimum Gasteiger partial charge on any atom is -0.370 e. The van der Waals surface area contributed by atoms with Gasteiger partial charge in [-0.2, -0.15) is 4.99 Å². The lowest BCUT2D eigenvalue weighted by Crippen LogP contribution is -2.24. The van der Waals surface area contributed by atoms with Crippen molar-refractivity contribution in [2.45, 2.75) is 0 Å². The largest absolute Gasteiger partial charge is 0.370 e. The van der Waals surface area contributed by atoms with E-state index in [1.807, 2.05) is 0 Å². The highest BCUT2D eigenvalue weighted by atomic mass is 32.2. The summed E-state index contributed by atoms with van der Waals surface area (Å²) in [4.78, 5) is 13.5. The van der Waals surface area contributed by atoms with Gasteiger partial charge >= 0.3 is 0 Å². The number of nitrogens with two attached hydrogens (primary N) is 3. The van der Waals surface area contributed by atoms with Crippen molar-refractivity contribution in [2.75, 3.05) is 5.75 Å². The lowest BCUT2D eigenvalue weighted by Gasteiger charge is -1.94. The fourth-order valence-electron chi connectivity index (χ4n) is 0.289. The molecule has 62 valence electrons. The van der Waals surface area contributed by atoms with Crippen LogP contribution in [0, 0.1) is 5.41 Å². The van der Waals surface area contributed by atoms with Crippen LogP contribution in [-0.4, -0.2) is 22.8 Å². The zero-order valence-electron chi connectivity index (χ0n) is 5.70. The average molecular weight is 175 g/mol. The monoisotopic (exact) mass is 175 g/mol. The standard InChI is InChI=1S/C4H9N5OS/c5-2(10)1-11-4(8)9-3(6)7/h1H2,(H2,5,10)(H5,6,7,8,9). The Kier molecular flexibility index (Phi) is 4.04. The number of thioether (sulfide) groups is 1. The molecule has 0 heterocycles. The summed E-state index contributed by atoms with van der Waals surface area (Å²) in [6.45, 7) is 0. The van der Waals surface area contributed by atoms with Crippen molar-refractivity contribution in [3.05, 3.63) is 0 Å². The quantitative estimate of drug-likeness (QED) is 0.297. The predicted molar refractivity (Wildman–Crippen MR) is 45.2 cm³/mol. The molecule has 0 aromatic heterocycles. The molecule has 0 aromatic rings. The smallest absolute Gasteiger partial charge is 0.227 e. The number of hydrogen-bond donors (Lipinski definition) is 4. The van der Waals surface area contributed by atoms with Crippen LogP contribution in [0.4, 0.5) is 0 Å². The van der Waals surface area contributed by atoms with Gasteiger partial charge in [-0.15, -0.1) is 0 Å². The van der Waals surface area contributed by atoms with Crippen LogP contribution >= 0.6 is 11.8 Å². The zero-order chi connectivity index (χ0) is 8.85. The van der Waals surface area contributed by atoms with Crippen LogP contribution in [0.2, 0.25) is 0 Å². The molecule has 0 atom stereocenters. The Balaban J connectivity index is 3.71. The van der Waals surface area contributed by atoms with Crippen molar-refractivity contribution in [2.24, 2.45) is 22.2 Å². The predicted octanol–water partition coefficient (Wildman–Crippen LogP) is -1.59. The molecule has 7 heteroatoms. The highest BCUT2D eigenvalue weighted by Gasteiger charge is 1.98. The van der Waals surface area contributed by atoms with Crippen molar-refractivity contribution in [3.63, 3.8) is 0 Å². The third kappa shape index (κ3) is 6.65. The van der Waals surface area contributed by atoms with Gasteiger partial charge in [0.1, 0.15) is 0 Å². The molecule has 0 rings (SSSR count). The van der Waals surface area contributed by atoms with Crippen LogP contribution in [0.3, 0.4) is 0 Å². The van der Waals surface area contributed by atoms with Gasteiger partial charge < -0.3 is 17.2 Å². The molecule has 0 fully saturated rings. The minimum atomic E-state index is -0.509. The molecule has 0 saturated heterocycles. The fourth-order valence-corrected chi connectivity index (χ4v) is 0.738. The molecule has 0 radical (unpaired) electrons. The number of carbonyl (C=O) groups excluding carboxylic acids is 1. The molecule has 0 saturated carbocycles. The molecule has 1 amide bonds. The number of rotatable bonds is 2. The van der Waals surface area contributed by atoms with E-state index in [1.54, 1.807) is 0 Å². The van der Waals surface area contributed by atoms with E-state index in [2.05, 4.69) is 4.99 Å². The van der Waals surface area contributed by atoms with Crippen molar-refractivity contribution < 1.29 is 4.79 Å². The van der Waals surface area contributed by atoms with Crippen molar-refractivity contribution in [1.82, 2.24) is 0 Å². The second-order valence-corrected chi connectivity index (χ2v) is 2.56. The number of aliphatic imine (C=N–C) groups is 1. The third-order valence-corrected chi connectivity index (χ3v) is 1.38. The number of nitrogens with zero attached hydrogens (tertiary/aromatic N) is 1. The Bertz CT molecular complexity index is 197. The maximum atomic E-state index is 10.2. The lowest BCUT2D eigenvalue weighted by atomic mass is 10.8. The summed E-state index contributed by atoms with van der Waals surface area (Å²) in [7, 11) is 0. The van der Waals surface area contributed by atoms with E-state index < -0.39 is 5.91 Å². The van der Waals surface area contributed by atoms with Crippen LogP contribution in [0.25, 0.3) is 0 Å². The number of carbonyl (C=O) groups is 1. The molecular weight excluding hydrogens is 166 g/mol. The molecule has 0 aliphatic rings. The van der Waals surface area contributed by atoms with Gasteiger partial charge in [-0.25, -0.2) is 0 Å². The zero-order valence-corrected chi connectivity index (χ0v) is 6.52. The second-order valence-electron chi connectivity index (χ2n) is 1.60. The first-order valence-electron chi connectivity index (χ1n) is 2.61. The Labute approximate surface area is 67.7 Å². The van der Waals surface area contributed by atoms with Gasteiger partial charge in [-0.1, -0.05) is 11.8 Å². The van der Waals surface area contributed by atoms with Crippen molar-refractivity contribution in [3.8, 4) is 0 Å². The maximum Gasteiger partial charge on any atom is 0.227 e. The van der Waals surface area contributed by atoms with Gasteiger partial charge in [0.05, 0.1) is 5.75 Å². The molecule has 7 N–H and O–H groups in total. The Morgan fingerprint density at radius 1 is 1.45 bits per heavy atom. The van der Waals surface area contributed by atoms with E-state index in [0.717, 1.165) is 11.8 Å². The summed E-state index contributed by atoms with van der Waals surface area (Å²) >= 11 is 0.874. The van der Waals surface area contributed by atoms with Gasteiger partial charge in [-0.3, -0.25) is 10.2 Å². The summed E-state index contributed by atoms with van der Waals surface area (Å²) in [5.41, 5.74) is 14.7. The first kappa shape index (κ1) is 9.76. The first-order valence-corrected chi connectivity index (χ1v) is 3.60. The van der Waals surface area contributed by atoms with Crippen LogP contribution in [-0.2, 0) is 4.79 Å². The molecule has 0 aromatic carbocycles. The normalized spacial score (nSPS) is 8.73. The van der Waals surface area contributed by atoms with E-state index in [-0.39, 0.29) is 16.9 Å². The molecule has 0 bridgehead atoms. The number of amides is 1. The third-order valence-electron chi connectivity index (χ3n) is 0.582. The maximum absolute atomic E-state index is 10.2. The number of amidine groups is 1. The minimum absolute atomic E-state index is 0.00954. The SMILES string of the molecule is N=C(N=C(N)N)SCC(N)=O. The Morgan fingerprint density at radius 3 is 2.36 bits per heavy atom. The summed E-state index contributed by atoms with van der Waals surface area (Å²) in [5, 5.41) is 6.90. The summed E-state index contributed by atoms with van der Waals surface area (Å²) in [6.07, 6.45) is 0. The molecule has 0 spiro atoms. The fraction of sp³-hybridized carbons (Fsp3) is 0.250. The molecule has 11 heavy (non-hydrogen) atoms. The molecule has 0 aliphatic heterocycles. The summed E-state index contributed by atoms with van der Waals surface area (Å²) < 4.78 is 0. The lowest BCUT2D eigenvalue weighted by molar-refractivity contribution is -0.115. The van der Waals surface area contributed by atoms with Gasteiger partial charge in [0.15, 0.2) is 11.1 Å². The average Bonchev–Trinajstić information content (AvgIpc) is 1.82. The molecular formula is C4H9N5OS. The van der Waals surface area contributed by atoms with Gasteiger partial charge in [0.2, 0.25) is 5.91 Å². The molecule has 0 unspecified atom stereocenters. The van der Waals surface area contributed by atoms with Crippen LogP contribution in [0.1, 0.15) is 0 Å². The molecule has 6 nitrogen and oxygen atoms in total. The summed E-state index contributed by atoms with van der Waals surface area (Å²) in [5.74, 6) is -0.701. The summed E-state index contributed by atoms with van der Waals surface area (Å²) in [6, 6.07) is 0. The van der Waals surface area contributed by atoms with Gasteiger partial charge in [-0.05, 0) is 0 Å². The van der Waals surface area contributed by atoms with Gasteiger partial charge in [0.25, 0.3) is 0 Å². The van der Waals surface area contributed by atoms with Crippen LogP contribution < -0.4 is 17.2 Å². The second kappa shape index (κ2) is 4.56. The van der Waals surface area contributed by atoms with Crippen LogP contribution in [0.5, 0.6) is 0 Å². The number of nitrogens with one attached hydrogen (secondary N) is 1. The van der Waals surface area contributed by atoms with E-state index in [1.165, 1.54) is 0 Å². The Morgan fingerprint density at radius 2 is 2.00 bits per heavy atom. The number of hydrogen-bond acceptors (Lipinski definition) is 3. The Hall–Kier alpha value is -1.24. The highest BCUT2D eigenvalue weighted by molar-refractivity contribution is 8.14. The van der Waals surface area contributed by atoms with Crippen LogP contribution in [0.15, 0.2) is 4.99 Å². The highest BCUT2D eigenvalue weighted by Crippen LogP contribution is 2.01. The first-order chi connectivity index (χ1) is 5.02. The molecule has 0 aliphatic carbocycles. The van der Waals surface area contributed by atoms with E-state index >= 15 is 0 Å². The van der Waals surface area contributed by atoms with E-state index in [0.29, 0.717) is 0 Å². The van der Waals surface area contributed by atoms with E-state index in [4.69, 9.17) is 22.6 Å².